The Morgan fingerprint density at radius 3 is 2.56 bits per heavy atom. The van der Waals surface area contributed by atoms with Crippen LogP contribution in [0.2, 0.25) is 0 Å². The maximum absolute atomic E-state index is 11.8. The van der Waals surface area contributed by atoms with Crippen LogP contribution in [-0.4, -0.2) is 23.7 Å². The van der Waals surface area contributed by atoms with Gasteiger partial charge in [-0.25, -0.2) is 0 Å². The third-order valence-electron chi connectivity index (χ3n) is 2.39. The fourth-order valence-electron chi connectivity index (χ4n) is 1.34. The molecule has 0 radical (unpaired) electrons. The van der Waals surface area contributed by atoms with E-state index in [1.54, 1.807) is 11.8 Å². The zero-order chi connectivity index (χ0) is 13.5. The molecule has 3 nitrogen and oxygen atoms in total. The summed E-state index contributed by atoms with van der Waals surface area (Å²) in [6.45, 7) is 4.49. The molecule has 0 saturated carbocycles. The predicted octanol–water partition coefficient (Wildman–Crippen LogP) is 2.78. The molecule has 2 unspecified atom stereocenters. The largest absolute Gasteiger partial charge is 0.355 e. The molecule has 0 bridgehead atoms. The van der Waals surface area contributed by atoms with Gasteiger partial charge >= 0.3 is 0 Å². The Labute approximate surface area is 121 Å². The summed E-state index contributed by atoms with van der Waals surface area (Å²) >= 11 is 4.94. The molecular formula is C13H19BrN2OS. The Kier molecular flexibility index (Phi) is 6.75. The van der Waals surface area contributed by atoms with Crippen molar-refractivity contribution in [2.45, 2.75) is 36.5 Å². The topological polar surface area (TPSA) is 55.1 Å². The normalized spacial score (nSPS) is 14.0. The molecular weight excluding hydrogens is 312 g/mol. The van der Waals surface area contributed by atoms with Gasteiger partial charge in [-0.2, -0.15) is 0 Å². The summed E-state index contributed by atoms with van der Waals surface area (Å²) in [5.41, 5.74) is 5.63. The van der Waals surface area contributed by atoms with E-state index in [1.165, 1.54) is 0 Å². The van der Waals surface area contributed by atoms with Crippen LogP contribution in [0.25, 0.3) is 0 Å². The van der Waals surface area contributed by atoms with Crippen LogP contribution >= 0.6 is 27.7 Å². The van der Waals surface area contributed by atoms with Crippen molar-refractivity contribution in [2.75, 3.05) is 6.54 Å². The highest BCUT2D eigenvalue weighted by Crippen LogP contribution is 2.24. The first-order chi connectivity index (χ1) is 8.49. The summed E-state index contributed by atoms with van der Waals surface area (Å²) in [6, 6.07) is 8.08. The van der Waals surface area contributed by atoms with Crippen molar-refractivity contribution in [1.29, 1.82) is 0 Å². The predicted molar refractivity (Wildman–Crippen MR) is 80.7 cm³/mol. The summed E-state index contributed by atoms with van der Waals surface area (Å²) in [5.74, 6) is 0.0589. The van der Waals surface area contributed by atoms with Gasteiger partial charge in [0.15, 0.2) is 0 Å². The molecule has 1 amide bonds. The molecule has 0 heterocycles. The molecule has 1 aromatic rings. The number of amides is 1. The SMILES string of the molecule is CC(N)CCNC(=O)C(C)Sc1ccc(Br)cc1. The number of hydrogen-bond donors (Lipinski definition) is 2. The fourth-order valence-corrected chi connectivity index (χ4v) is 2.49. The van der Waals surface area contributed by atoms with Crippen LogP contribution in [-0.2, 0) is 4.79 Å². The van der Waals surface area contributed by atoms with E-state index < -0.39 is 0 Å². The first-order valence-corrected chi connectivity index (χ1v) is 7.62. The lowest BCUT2D eigenvalue weighted by molar-refractivity contribution is -0.120. The molecule has 18 heavy (non-hydrogen) atoms. The zero-order valence-electron chi connectivity index (χ0n) is 10.7. The molecule has 1 aromatic carbocycles. The summed E-state index contributed by atoms with van der Waals surface area (Å²) in [5, 5.41) is 2.80. The molecule has 3 N–H and O–H groups in total. The van der Waals surface area contributed by atoms with E-state index in [-0.39, 0.29) is 17.2 Å². The number of rotatable bonds is 6. The molecule has 100 valence electrons. The van der Waals surface area contributed by atoms with Gasteiger partial charge in [-0.1, -0.05) is 15.9 Å². The Balaban J connectivity index is 2.37. The number of thioether (sulfide) groups is 1. The van der Waals surface area contributed by atoms with Gasteiger partial charge in [0.2, 0.25) is 5.91 Å². The van der Waals surface area contributed by atoms with Gasteiger partial charge in [-0.3, -0.25) is 4.79 Å². The summed E-state index contributed by atoms with van der Waals surface area (Å²) in [4.78, 5) is 12.9. The zero-order valence-corrected chi connectivity index (χ0v) is 13.1. The van der Waals surface area contributed by atoms with Crippen molar-refractivity contribution in [1.82, 2.24) is 5.32 Å². The Morgan fingerprint density at radius 1 is 1.39 bits per heavy atom. The summed E-state index contributed by atoms with van der Waals surface area (Å²) in [6.07, 6.45) is 0.807. The van der Waals surface area contributed by atoms with Crippen molar-refractivity contribution in [3.8, 4) is 0 Å². The van der Waals surface area contributed by atoms with Gasteiger partial charge in [-0.05, 0) is 44.5 Å². The average Bonchev–Trinajstić information content (AvgIpc) is 2.31. The van der Waals surface area contributed by atoms with Crippen LogP contribution in [0, 0.1) is 0 Å². The molecule has 0 aromatic heterocycles. The van der Waals surface area contributed by atoms with E-state index in [2.05, 4.69) is 21.2 Å². The number of carbonyl (C=O) groups is 1. The second-order valence-electron chi connectivity index (χ2n) is 4.27. The highest BCUT2D eigenvalue weighted by molar-refractivity contribution is 9.10. The fraction of sp³-hybridized carbons (Fsp3) is 0.462. The van der Waals surface area contributed by atoms with Gasteiger partial charge in [-0.15, -0.1) is 11.8 Å². The summed E-state index contributed by atoms with van der Waals surface area (Å²) < 4.78 is 1.04. The highest BCUT2D eigenvalue weighted by atomic mass is 79.9. The second-order valence-corrected chi connectivity index (χ2v) is 6.60. The smallest absolute Gasteiger partial charge is 0.233 e. The van der Waals surface area contributed by atoms with Crippen LogP contribution in [0.4, 0.5) is 0 Å². The number of carbonyl (C=O) groups excluding carboxylic acids is 1. The lowest BCUT2D eigenvalue weighted by atomic mass is 10.2. The quantitative estimate of drug-likeness (QED) is 0.788. The van der Waals surface area contributed by atoms with E-state index in [4.69, 9.17) is 5.73 Å². The molecule has 2 atom stereocenters. The number of benzene rings is 1. The number of halogens is 1. The van der Waals surface area contributed by atoms with Gasteiger partial charge in [0, 0.05) is 22.0 Å². The molecule has 0 aliphatic heterocycles. The number of hydrogen-bond acceptors (Lipinski definition) is 3. The average molecular weight is 331 g/mol. The van der Waals surface area contributed by atoms with E-state index >= 15 is 0 Å². The van der Waals surface area contributed by atoms with Gasteiger partial charge in [0.05, 0.1) is 5.25 Å². The first kappa shape index (κ1) is 15.5. The van der Waals surface area contributed by atoms with Gasteiger partial charge < -0.3 is 11.1 Å². The molecule has 1 rings (SSSR count). The van der Waals surface area contributed by atoms with Crippen molar-refractivity contribution < 1.29 is 4.79 Å². The lowest BCUT2D eigenvalue weighted by Gasteiger charge is -2.12. The minimum Gasteiger partial charge on any atom is -0.355 e. The molecule has 0 spiro atoms. The van der Waals surface area contributed by atoms with E-state index in [9.17, 15) is 4.79 Å². The maximum Gasteiger partial charge on any atom is 0.233 e. The molecule has 5 heteroatoms. The Morgan fingerprint density at radius 2 is 2.00 bits per heavy atom. The molecule has 0 aliphatic rings. The highest BCUT2D eigenvalue weighted by Gasteiger charge is 2.13. The van der Waals surface area contributed by atoms with Crippen molar-refractivity contribution in [3.63, 3.8) is 0 Å². The number of nitrogens with one attached hydrogen (secondary N) is 1. The standard InChI is InChI=1S/C13H19BrN2OS/c1-9(15)7-8-16-13(17)10(2)18-12-5-3-11(14)4-6-12/h3-6,9-10H,7-8,15H2,1-2H3,(H,16,17). The summed E-state index contributed by atoms with van der Waals surface area (Å²) in [7, 11) is 0. The second kappa shape index (κ2) is 7.81. The van der Waals surface area contributed by atoms with Crippen LogP contribution in [0.15, 0.2) is 33.6 Å². The Hall–Kier alpha value is -0.520. The monoisotopic (exact) mass is 330 g/mol. The van der Waals surface area contributed by atoms with Crippen LogP contribution in [0.5, 0.6) is 0 Å². The van der Waals surface area contributed by atoms with Crippen molar-refractivity contribution in [3.05, 3.63) is 28.7 Å². The minimum atomic E-state index is -0.0979. The first-order valence-electron chi connectivity index (χ1n) is 5.94. The molecule has 0 saturated heterocycles. The number of nitrogens with two attached hydrogens (primary N) is 1. The van der Waals surface area contributed by atoms with Crippen LogP contribution < -0.4 is 11.1 Å². The third-order valence-corrected chi connectivity index (χ3v) is 4.04. The minimum absolute atomic E-state index is 0.0589. The van der Waals surface area contributed by atoms with Crippen LogP contribution in [0.1, 0.15) is 20.3 Å². The van der Waals surface area contributed by atoms with Gasteiger partial charge in [0.1, 0.15) is 0 Å². The Bertz CT molecular complexity index is 381. The van der Waals surface area contributed by atoms with E-state index in [0.717, 1.165) is 15.8 Å². The van der Waals surface area contributed by atoms with Crippen LogP contribution in [0.3, 0.4) is 0 Å². The van der Waals surface area contributed by atoms with E-state index in [0.29, 0.717) is 6.54 Å². The molecule has 0 fully saturated rings. The maximum atomic E-state index is 11.8. The van der Waals surface area contributed by atoms with E-state index in [1.807, 2.05) is 38.1 Å². The van der Waals surface area contributed by atoms with Crippen molar-refractivity contribution >= 4 is 33.6 Å². The third kappa shape index (κ3) is 5.89. The molecule has 0 aliphatic carbocycles. The van der Waals surface area contributed by atoms with Gasteiger partial charge in [0.25, 0.3) is 0 Å². The van der Waals surface area contributed by atoms with Crippen molar-refractivity contribution in [2.24, 2.45) is 5.73 Å². The lowest BCUT2D eigenvalue weighted by Crippen LogP contribution is -2.33.